The first-order valence-electron chi connectivity index (χ1n) is 5.22. The number of nitrogens with zero attached hydrogens (tertiary/aromatic N) is 2. The van der Waals surface area contributed by atoms with E-state index < -0.39 is 9.85 Å². The number of rotatable bonds is 4. The van der Waals surface area contributed by atoms with Gasteiger partial charge in [0.1, 0.15) is 11.5 Å². The maximum Gasteiger partial charge on any atom is 0.270 e. The number of benzene rings is 1. The first-order chi connectivity index (χ1) is 9.06. The van der Waals surface area contributed by atoms with Crippen molar-refractivity contribution >= 4 is 11.8 Å². The molecule has 0 spiro atoms. The molecule has 0 saturated heterocycles. The SMILES string of the molecule is O=[N+]([O-])/C=C/c1ccc(-c2cccc([N+](=O)[O-])c2)o1. The minimum atomic E-state index is -0.602. The zero-order valence-electron chi connectivity index (χ0n) is 9.55. The van der Waals surface area contributed by atoms with Crippen LogP contribution in [0.25, 0.3) is 17.4 Å². The molecular formula is C12H8N2O5. The third-order valence-electron chi connectivity index (χ3n) is 2.33. The molecule has 0 bridgehead atoms. The lowest BCUT2D eigenvalue weighted by atomic mass is 10.1. The summed E-state index contributed by atoms with van der Waals surface area (Å²) in [6.07, 6.45) is 1.97. The lowest BCUT2D eigenvalue weighted by molar-refractivity contribution is -0.401. The summed E-state index contributed by atoms with van der Waals surface area (Å²) in [5, 5.41) is 20.8. The molecule has 2 aromatic rings. The predicted molar refractivity (Wildman–Crippen MR) is 66.8 cm³/mol. The summed E-state index contributed by atoms with van der Waals surface area (Å²) in [6.45, 7) is 0. The van der Waals surface area contributed by atoms with Gasteiger partial charge in [0.25, 0.3) is 5.69 Å². The smallest absolute Gasteiger partial charge is 0.270 e. The van der Waals surface area contributed by atoms with Crippen LogP contribution in [0.2, 0.25) is 0 Å². The second-order valence-corrected chi connectivity index (χ2v) is 3.61. The van der Waals surface area contributed by atoms with Gasteiger partial charge in [-0.1, -0.05) is 12.1 Å². The van der Waals surface area contributed by atoms with Crippen LogP contribution in [0.5, 0.6) is 0 Å². The van der Waals surface area contributed by atoms with Crippen LogP contribution in [0.3, 0.4) is 0 Å². The number of furan rings is 1. The highest BCUT2D eigenvalue weighted by molar-refractivity contribution is 5.62. The van der Waals surface area contributed by atoms with Gasteiger partial charge in [0, 0.05) is 17.7 Å². The van der Waals surface area contributed by atoms with Crippen LogP contribution in [0.15, 0.2) is 47.0 Å². The molecule has 96 valence electrons. The molecule has 0 N–H and O–H groups in total. The van der Waals surface area contributed by atoms with Gasteiger partial charge in [-0.05, 0) is 12.1 Å². The van der Waals surface area contributed by atoms with Crippen molar-refractivity contribution in [2.24, 2.45) is 0 Å². The Morgan fingerprint density at radius 1 is 1.11 bits per heavy atom. The molecule has 1 aromatic carbocycles. The fourth-order valence-corrected chi connectivity index (χ4v) is 1.50. The van der Waals surface area contributed by atoms with Crippen LogP contribution in [0.4, 0.5) is 5.69 Å². The Balaban J connectivity index is 2.30. The van der Waals surface area contributed by atoms with E-state index in [0.717, 1.165) is 6.20 Å². The molecule has 0 radical (unpaired) electrons. The first kappa shape index (κ1) is 12.5. The van der Waals surface area contributed by atoms with Gasteiger partial charge in [0.2, 0.25) is 6.20 Å². The highest BCUT2D eigenvalue weighted by Gasteiger charge is 2.09. The Bertz CT molecular complexity index is 660. The Morgan fingerprint density at radius 3 is 2.58 bits per heavy atom. The van der Waals surface area contributed by atoms with E-state index in [0.29, 0.717) is 17.1 Å². The summed E-state index contributed by atoms with van der Waals surface area (Å²) in [5.41, 5.74) is 0.492. The van der Waals surface area contributed by atoms with Crippen LogP contribution < -0.4 is 0 Å². The van der Waals surface area contributed by atoms with E-state index in [9.17, 15) is 20.2 Å². The van der Waals surface area contributed by atoms with Crippen LogP contribution >= 0.6 is 0 Å². The molecule has 0 atom stereocenters. The molecule has 0 unspecified atom stereocenters. The molecule has 1 aromatic heterocycles. The quantitative estimate of drug-likeness (QED) is 0.621. The Morgan fingerprint density at radius 2 is 1.89 bits per heavy atom. The van der Waals surface area contributed by atoms with Crippen molar-refractivity contribution in [1.82, 2.24) is 0 Å². The lowest BCUT2D eigenvalue weighted by Crippen LogP contribution is -1.87. The molecule has 0 aliphatic rings. The Hall–Kier alpha value is -2.96. The molecule has 0 aliphatic heterocycles. The summed E-state index contributed by atoms with van der Waals surface area (Å²) in [6, 6.07) is 9.10. The first-order valence-corrected chi connectivity index (χ1v) is 5.22. The second kappa shape index (κ2) is 5.13. The molecule has 19 heavy (non-hydrogen) atoms. The van der Waals surface area contributed by atoms with Crippen molar-refractivity contribution in [3.8, 4) is 11.3 Å². The molecule has 0 aliphatic carbocycles. The van der Waals surface area contributed by atoms with Gasteiger partial charge in [-0.3, -0.25) is 20.2 Å². The van der Waals surface area contributed by atoms with Crippen LogP contribution in [0, 0.1) is 20.2 Å². The van der Waals surface area contributed by atoms with E-state index in [-0.39, 0.29) is 5.69 Å². The number of non-ortho nitro benzene ring substituents is 1. The molecule has 2 rings (SSSR count). The second-order valence-electron chi connectivity index (χ2n) is 3.61. The Kier molecular flexibility index (Phi) is 3.37. The normalized spacial score (nSPS) is 10.7. The van der Waals surface area contributed by atoms with Crippen LogP contribution in [-0.2, 0) is 0 Å². The Labute approximate surface area is 107 Å². The summed E-state index contributed by atoms with van der Waals surface area (Å²) in [5.74, 6) is 0.713. The summed E-state index contributed by atoms with van der Waals surface area (Å²) in [7, 11) is 0. The van der Waals surface area contributed by atoms with Crippen molar-refractivity contribution in [1.29, 1.82) is 0 Å². The van der Waals surface area contributed by atoms with Crippen LogP contribution in [0.1, 0.15) is 5.76 Å². The fraction of sp³-hybridized carbons (Fsp3) is 0. The van der Waals surface area contributed by atoms with Gasteiger partial charge >= 0.3 is 0 Å². The number of nitro benzene ring substituents is 1. The van der Waals surface area contributed by atoms with Gasteiger partial charge in [0.05, 0.1) is 15.9 Å². The number of hydrogen-bond acceptors (Lipinski definition) is 5. The zero-order valence-corrected chi connectivity index (χ0v) is 9.55. The van der Waals surface area contributed by atoms with Crippen molar-refractivity contribution in [2.75, 3.05) is 0 Å². The van der Waals surface area contributed by atoms with E-state index in [1.165, 1.54) is 18.2 Å². The topological polar surface area (TPSA) is 99.4 Å². The maximum atomic E-state index is 10.7. The largest absolute Gasteiger partial charge is 0.457 e. The highest BCUT2D eigenvalue weighted by Crippen LogP contribution is 2.26. The summed E-state index contributed by atoms with van der Waals surface area (Å²) >= 11 is 0. The molecule has 0 fully saturated rings. The van der Waals surface area contributed by atoms with Crippen LogP contribution in [-0.4, -0.2) is 9.85 Å². The molecule has 7 heteroatoms. The predicted octanol–water partition coefficient (Wildman–Crippen LogP) is 3.10. The monoisotopic (exact) mass is 260 g/mol. The van der Waals surface area contributed by atoms with Crippen molar-refractivity contribution in [3.05, 3.63) is 68.6 Å². The van der Waals surface area contributed by atoms with Gasteiger partial charge in [0.15, 0.2) is 0 Å². The van der Waals surface area contributed by atoms with Crippen molar-refractivity contribution in [3.63, 3.8) is 0 Å². The zero-order chi connectivity index (χ0) is 13.8. The number of nitro groups is 2. The van der Waals surface area contributed by atoms with E-state index in [1.807, 2.05) is 0 Å². The highest BCUT2D eigenvalue weighted by atomic mass is 16.6. The van der Waals surface area contributed by atoms with Crippen molar-refractivity contribution in [2.45, 2.75) is 0 Å². The molecular weight excluding hydrogens is 252 g/mol. The fourth-order valence-electron chi connectivity index (χ4n) is 1.50. The molecule has 0 amide bonds. The average molecular weight is 260 g/mol. The molecule has 7 nitrogen and oxygen atoms in total. The van der Waals surface area contributed by atoms with Gasteiger partial charge in [-0.2, -0.15) is 0 Å². The van der Waals surface area contributed by atoms with Gasteiger partial charge in [-0.25, -0.2) is 0 Å². The summed E-state index contributed by atoms with van der Waals surface area (Å²) < 4.78 is 5.34. The average Bonchev–Trinajstić information content (AvgIpc) is 2.85. The van der Waals surface area contributed by atoms with Gasteiger partial charge < -0.3 is 4.42 Å². The van der Waals surface area contributed by atoms with Gasteiger partial charge in [-0.15, -0.1) is 0 Å². The minimum absolute atomic E-state index is 0.0451. The third-order valence-corrected chi connectivity index (χ3v) is 2.33. The molecule has 0 saturated carbocycles. The third kappa shape index (κ3) is 3.03. The number of hydrogen-bond donors (Lipinski definition) is 0. The van der Waals surface area contributed by atoms with E-state index >= 15 is 0 Å². The lowest BCUT2D eigenvalue weighted by Gasteiger charge is -1.96. The molecule has 1 heterocycles. The van der Waals surface area contributed by atoms with E-state index in [4.69, 9.17) is 4.42 Å². The van der Waals surface area contributed by atoms with E-state index in [1.54, 1.807) is 24.3 Å². The standard InChI is InChI=1S/C12H8N2O5/c15-13(16)7-6-11-4-5-12(19-11)9-2-1-3-10(8-9)14(17)18/h1-8H/b7-6+. The van der Waals surface area contributed by atoms with E-state index in [2.05, 4.69) is 0 Å². The minimum Gasteiger partial charge on any atom is -0.457 e. The summed E-state index contributed by atoms with van der Waals surface area (Å²) in [4.78, 5) is 19.7. The van der Waals surface area contributed by atoms with Crippen molar-refractivity contribution < 1.29 is 14.3 Å². The maximum absolute atomic E-state index is 10.7.